The third-order valence-corrected chi connectivity index (χ3v) is 14.2. The molecule has 0 fully saturated rings. The summed E-state index contributed by atoms with van der Waals surface area (Å²) >= 11 is 0. The molecule has 21 heavy (non-hydrogen) atoms. The van der Waals surface area contributed by atoms with E-state index in [0.29, 0.717) is 0 Å². The van der Waals surface area contributed by atoms with Crippen molar-refractivity contribution in [2.24, 2.45) is 0 Å². The predicted octanol–water partition coefficient (Wildman–Crippen LogP) is 4.62. The van der Waals surface area contributed by atoms with Crippen molar-refractivity contribution in [1.29, 1.82) is 0 Å². The van der Waals surface area contributed by atoms with E-state index < -0.39 is 8.07 Å². The molecule has 0 rings (SSSR count). The van der Waals surface area contributed by atoms with Gasteiger partial charge < -0.3 is 5.32 Å². The first kappa shape index (κ1) is 21.1. The minimum absolute atomic E-state index is 0.749. The quantitative estimate of drug-likeness (QED) is 0.609. The summed E-state index contributed by atoms with van der Waals surface area (Å²) in [5.74, 6) is 0. The lowest BCUT2D eigenvalue weighted by atomic mass is 10.2. The van der Waals surface area contributed by atoms with Crippen molar-refractivity contribution >= 4 is 18.3 Å². The lowest BCUT2D eigenvalue weighted by molar-refractivity contribution is 0.561. The molecule has 0 aliphatic heterocycles. The van der Waals surface area contributed by atoms with E-state index in [4.69, 9.17) is 0 Å². The Labute approximate surface area is 138 Å². The van der Waals surface area contributed by atoms with E-state index in [2.05, 4.69) is 67.6 Å². The topological polar surface area (TPSA) is 12.0 Å². The molecule has 0 spiro atoms. The molecular formula is C18H41NSi2. The Hall–Kier alpha value is 0.134. The van der Waals surface area contributed by atoms with E-state index in [0.717, 1.165) is 28.8 Å². The zero-order chi connectivity index (χ0) is 16.8. The highest BCUT2D eigenvalue weighted by Crippen LogP contribution is 2.44. The smallest absolute Gasteiger partial charge is 0.0801 e. The fourth-order valence-electron chi connectivity index (χ4n) is 4.48. The minimum atomic E-state index is -1.40. The SMILES string of the molecule is CCCC(NCC(C)=C(C)[SiH3])[Si](C(C)C)(C(C)C)C(C)C. The van der Waals surface area contributed by atoms with Gasteiger partial charge in [-0.3, -0.25) is 0 Å². The Balaban J connectivity index is 5.48. The summed E-state index contributed by atoms with van der Waals surface area (Å²) in [5, 5.41) is 5.61. The molecule has 0 aromatic heterocycles. The van der Waals surface area contributed by atoms with Gasteiger partial charge in [0.15, 0.2) is 0 Å². The maximum absolute atomic E-state index is 4.01. The highest BCUT2D eigenvalue weighted by Gasteiger charge is 2.48. The van der Waals surface area contributed by atoms with Gasteiger partial charge in [-0.2, -0.15) is 0 Å². The molecule has 1 nitrogen and oxygen atoms in total. The van der Waals surface area contributed by atoms with Crippen molar-refractivity contribution in [2.75, 3.05) is 6.54 Å². The molecule has 126 valence electrons. The van der Waals surface area contributed by atoms with Crippen LogP contribution in [-0.2, 0) is 0 Å². The third-order valence-electron chi connectivity index (χ3n) is 5.65. The average Bonchev–Trinajstić information content (AvgIpc) is 2.34. The summed E-state index contributed by atoms with van der Waals surface area (Å²) in [6, 6.07) is 0. The van der Waals surface area contributed by atoms with Gasteiger partial charge in [0.05, 0.1) is 8.07 Å². The van der Waals surface area contributed by atoms with Crippen molar-refractivity contribution in [3.63, 3.8) is 0 Å². The Morgan fingerprint density at radius 1 is 0.952 bits per heavy atom. The van der Waals surface area contributed by atoms with Crippen LogP contribution in [-0.4, -0.2) is 30.5 Å². The van der Waals surface area contributed by atoms with Gasteiger partial charge in [0, 0.05) is 22.5 Å². The molecule has 0 saturated carbocycles. The minimum Gasteiger partial charge on any atom is -0.313 e. The molecule has 1 N–H and O–H groups in total. The van der Waals surface area contributed by atoms with E-state index in [-0.39, 0.29) is 0 Å². The summed E-state index contributed by atoms with van der Waals surface area (Å²) < 4.78 is 0. The standard InChI is InChI=1S/C18H41NSi2/c1-10-11-18(19-12-16(8)17(9)20)21(13(2)3,14(4)5)15(6)7/h13-15,18-19H,10-12H2,1-9,20H3. The van der Waals surface area contributed by atoms with Crippen molar-refractivity contribution in [3.05, 3.63) is 10.8 Å². The molecule has 0 saturated heterocycles. The third kappa shape index (κ3) is 5.07. The number of allylic oxidation sites excluding steroid dienone is 1. The van der Waals surface area contributed by atoms with Gasteiger partial charge in [0.2, 0.25) is 0 Å². The molecule has 0 amide bonds. The molecule has 0 aromatic rings. The molecular weight excluding hydrogens is 286 g/mol. The van der Waals surface area contributed by atoms with E-state index in [1.807, 2.05) is 0 Å². The van der Waals surface area contributed by atoms with E-state index in [1.54, 1.807) is 10.8 Å². The second kappa shape index (κ2) is 9.31. The lowest BCUT2D eigenvalue weighted by Crippen LogP contribution is -2.61. The molecule has 0 aromatic carbocycles. The van der Waals surface area contributed by atoms with Crippen molar-refractivity contribution in [2.45, 2.75) is 97.4 Å². The molecule has 0 bridgehead atoms. The number of hydrogen-bond acceptors (Lipinski definition) is 1. The average molecular weight is 328 g/mol. The lowest BCUT2D eigenvalue weighted by Gasteiger charge is -2.49. The number of rotatable bonds is 9. The van der Waals surface area contributed by atoms with Gasteiger partial charge >= 0.3 is 0 Å². The maximum atomic E-state index is 4.01. The van der Waals surface area contributed by atoms with Crippen LogP contribution in [0.25, 0.3) is 0 Å². The highest BCUT2D eigenvalue weighted by molar-refractivity contribution is 6.84. The molecule has 0 aliphatic carbocycles. The van der Waals surface area contributed by atoms with Crippen LogP contribution in [0.2, 0.25) is 16.6 Å². The highest BCUT2D eigenvalue weighted by atomic mass is 28.3. The van der Waals surface area contributed by atoms with Crippen LogP contribution in [0.4, 0.5) is 0 Å². The first-order valence-electron chi connectivity index (χ1n) is 8.98. The summed E-state index contributed by atoms with van der Waals surface area (Å²) in [4.78, 5) is 0. The second-order valence-corrected chi connectivity index (χ2v) is 15.6. The van der Waals surface area contributed by atoms with Crippen molar-refractivity contribution in [1.82, 2.24) is 5.32 Å². The van der Waals surface area contributed by atoms with Crippen LogP contribution in [0.15, 0.2) is 10.8 Å². The van der Waals surface area contributed by atoms with Crippen LogP contribution in [0.3, 0.4) is 0 Å². The van der Waals surface area contributed by atoms with Crippen LogP contribution in [0.5, 0.6) is 0 Å². The second-order valence-electron chi connectivity index (χ2n) is 7.97. The first-order chi connectivity index (χ1) is 9.62. The fourth-order valence-corrected chi connectivity index (χ4v) is 12.3. The van der Waals surface area contributed by atoms with Crippen LogP contribution in [0, 0.1) is 0 Å². The Morgan fingerprint density at radius 3 is 1.67 bits per heavy atom. The summed E-state index contributed by atoms with van der Waals surface area (Å²) in [7, 11) is -0.206. The van der Waals surface area contributed by atoms with Gasteiger partial charge in [-0.25, -0.2) is 0 Å². The van der Waals surface area contributed by atoms with E-state index in [1.165, 1.54) is 23.1 Å². The first-order valence-corrected chi connectivity index (χ1v) is 12.3. The van der Waals surface area contributed by atoms with Gasteiger partial charge in [-0.05, 0) is 36.9 Å². The van der Waals surface area contributed by atoms with Gasteiger partial charge in [-0.15, -0.1) is 0 Å². The Morgan fingerprint density at radius 2 is 1.38 bits per heavy atom. The summed E-state index contributed by atoms with van der Waals surface area (Å²) in [5.41, 5.74) is 4.83. The molecule has 0 aliphatic rings. The molecule has 0 heterocycles. The summed E-state index contributed by atoms with van der Waals surface area (Å²) in [6.45, 7) is 22.9. The van der Waals surface area contributed by atoms with Crippen molar-refractivity contribution < 1.29 is 0 Å². The zero-order valence-electron chi connectivity index (χ0n) is 16.4. The van der Waals surface area contributed by atoms with Crippen LogP contribution < -0.4 is 5.32 Å². The predicted molar refractivity (Wildman–Crippen MR) is 106 cm³/mol. The van der Waals surface area contributed by atoms with E-state index in [9.17, 15) is 0 Å². The van der Waals surface area contributed by atoms with Gasteiger partial charge in [-0.1, -0.05) is 65.7 Å². The van der Waals surface area contributed by atoms with Crippen molar-refractivity contribution in [3.8, 4) is 0 Å². The zero-order valence-corrected chi connectivity index (χ0v) is 19.4. The Bertz CT molecular complexity index is 306. The normalized spacial score (nSPS) is 16.0. The van der Waals surface area contributed by atoms with Gasteiger partial charge in [0.25, 0.3) is 0 Å². The van der Waals surface area contributed by atoms with Gasteiger partial charge in [0.1, 0.15) is 0 Å². The monoisotopic (exact) mass is 327 g/mol. The molecule has 1 atom stereocenters. The molecule has 0 radical (unpaired) electrons. The summed E-state index contributed by atoms with van der Waals surface area (Å²) in [6.07, 6.45) is 2.63. The molecule has 1 unspecified atom stereocenters. The van der Waals surface area contributed by atoms with Crippen LogP contribution in [0.1, 0.15) is 75.2 Å². The number of nitrogens with one attached hydrogen (secondary N) is 1. The number of hydrogen-bond donors (Lipinski definition) is 1. The van der Waals surface area contributed by atoms with E-state index >= 15 is 0 Å². The van der Waals surface area contributed by atoms with Crippen LogP contribution >= 0.6 is 0 Å². The molecule has 3 heteroatoms. The maximum Gasteiger partial charge on any atom is 0.0801 e. The fraction of sp³-hybridized carbons (Fsp3) is 0.889. The largest absolute Gasteiger partial charge is 0.313 e. The Kier molecular flexibility index (Phi) is 9.37.